The largest absolute Gasteiger partial charge is 0.444 e. The first-order valence-electron chi connectivity index (χ1n) is 10.6. The zero-order valence-corrected chi connectivity index (χ0v) is 18.0. The van der Waals surface area contributed by atoms with Gasteiger partial charge in [-0.05, 0) is 56.5 Å². The van der Waals surface area contributed by atoms with Crippen molar-refractivity contribution in [3.63, 3.8) is 0 Å². The fourth-order valence-corrected chi connectivity index (χ4v) is 4.08. The first kappa shape index (κ1) is 20.3. The van der Waals surface area contributed by atoms with Crippen LogP contribution in [0.4, 0.5) is 10.5 Å². The van der Waals surface area contributed by atoms with E-state index in [9.17, 15) is 4.79 Å². The molecule has 1 saturated heterocycles. The molecular weight excluding hydrogens is 376 g/mol. The second-order valence-electron chi connectivity index (χ2n) is 9.11. The maximum atomic E-state index is 12.2. The molecule has 6 nitrogen and oxygen atoms in total. The van der Waals surface area contributed by atoms with Crippen molar-refractivity contribution in [3.05, 3.63) is 48.8 Å². The zero-order chi connectivity index (χ0) is 21.3. The number of aromatic nitrogens is 2. The summed E-state index contributed by atoms with van der Waals surface area (Å²) in [5.74, 6) is 0.500. The van der Waals surface area contributed by atoms with Crippen LogP contribution in [0.5, 0.6) is 0 Å². The van der Waals surface area contributed by atoms with Gasteiger partial charge in [-0.2, -0.15) is 5.10 Å². The van der Waals surface area contributed by atoms with Gasteiger partial charge in [0.25, 0.3) is 0 Å². The summed E-state index contributed by atoms with van der Waals surface area (Å²) in [6, 6.07) is 12.2. The molecular formula is C24H30N4O2. The number of fused-ring (bicyclic) bond motifs is 1. The van der Waals surface area contributed by atoms with Gasteiger partial charge in [-0.15, -0.1) is 0 Å². The molecule has 0 atom stereocenters. The second kappa shape index (κ2) is 8.01. The number of rotatable bonds is 3. The van der Waals surface area contributed by atoms with Gasteiger partial charge in [-0.25, -0.2) is 4.79 Å². The molecule has 0 radical (unpaired) electrons. The van der Waals surface area contributed by atoms with E-state index in [1.165, 1.54) is 0 Å². The molecule has 3 aromatic rings. The lowest BCUT2D eigenvalue weighted by atomic mass is 9.97. The van der Waals surface area contributed by atoms with E-state index >= 15 is 0 Å². The fourth-order valence-electron chi connectivity index (χ4n) is 4.08. The molecule has 2 heterocycles. The van der Waals surface area contributed by atoms with Crippen LogP contribution in [0.1, 0.15) is 33.6 Å². The molecule has 1 aliphatic heterocycles. The Labute approximate surface area is 177 Å². The standard InChI is InChI=1S/C24H30N4O2/c1-24(2,3)30-23(29)27-12-10-17(11-13-27)15-28-16-18(14-26-28)19-6-4-8-21-20(19)7-5-9-22(21)25/h4-9,14,16-17H,10-13,15,25H2,1-3H3. The summed E-state index contributed by atoms with van der Waals surface area (Å²) in [7, 11) is 0. The van der Waals surface area contributed by atoms with E-state index in [1.54, 1.807) is 0 Å². The smallest absolute Gasteiger partial charge is 0.410 e. The summed E-state index contributed by atoms with van der Waals surface area (Å²) in [6.07, 6.45) is 5.74. The molecule has 0 unspecified atom stereocenters. The number of benzene rings is 2. The van der Waals surface area contributed by atoms with E-state index in [1.807, 2.05) is 54.7 Å². The lowest BCUT2D eigenvalue weighted by Crippen LogP contribution is -2.42. The predicted molar refractivity (Wildman–Crippen MR) is 120 cm³/mol. The van der Waals surface area contributed by atoms with Gasteiger partial charge in [0.15, 0.2) is 0 Å². The molecule has 4 rings (SSSR count). The summed E-state index contributed by atoms with van der Waals surface area (Å²) < 4.78 is 7.51. The summed E-state index contributed by atoms with van der Waals surface area (Å²) in [6.45, 7) is 8.02. The van der Waals surface area contributed by atoms with Crippen molar-refractivity contribution >= 4 is 22.6 Å². The van der Waals surface area contributed by atoms with E-state index in [-0.39, 0.29) is 6.09 Å². The van der Waals surface area contributed by atoms with E-state index < -0.39 is 5.60 Å². The Balaban J connectivity index is 1.41. The van der Waals surface area contributed by atoms with Gasteiger partial charge >= 0.3 is 6.09 Å². The van der Waals surface area contributed by atoms with Crippen molar-refractivity contribution in [1.29, 1.82) is 0 Å². The summed E-state index contributed by atoms with van der Waals surface area (Å²) in [5.41, 5.74) is 8.72. The topological polar surface area (TPSA) is 73.4 Å². The molecule has 1 amide bonds. The highest BCUT2D eigenvalue weighted by atomic mass is 16.6. The number of anilines is 1. The van der Waals surface area contributed by atoms with Gasteiger partial charge in [0, 0.05) is 42.5 Å². The molecule has 6 heteroatoms. The molecule has 2 aromatic carbocycles. The monoisotopic (exact) mass is 406 g/mol. The number of ether oxygens (including phenoxy) is 1. The zero-order valence-electron chi connectivity index (χ0n) is 18.0. The molecule has 0 spiro atoms. The maximum Gasteiger partial charge on any atom is 0.410 e. The number of piperidine rings is 1. The quantitative estimate of drug-likeness (QED) is 0.626. The number of carbonyl (C=O) groups is 1. The van der Waals surface area contributed by atoms with Crippen molar-refractivity contribution in [1.82, 2.24) is 14.7 Å². The predicted octanol–water partition coefficient (Wildman–Crippen LogP) is 4.93. The highest BCUT2D eigenvalue weighted by molar-refractivity contribution is 6.02. The van der Waals surface area contributed by atoms with Crippen LogP contribution >= 0.6 is 0 Å². The Bertz CT molecular complexity index is 1040. The van der Waals surface area contributed by atoms with Gasteiger partial charge in [0.1, 0.15) is 5.60 Å². The molecule has 0 bridgehead atoms. The van der Waals surface area contributed by atoms with Crippen molar-refractivity contribution in [3.8, 4) is 11.1 Å². The number of amides is 1. The van der Waals surface area contributed by atoms with Gasteiger partial charge in [0.05, 0.1) is 6.20 Å². The Morgan fingerprint density at radius 2 is 1.83 bits per heavy atom. The van der Waals surface area contributed by atoms with E-state index in [0.717, 1.165) is 60.1 Å². The van der Waals surface area contributed by atoms with E-state index in [0.29, 0.717) is 5.92 Å². The van der Waals surface area contributed by atoms with Crippen LogP contribution in [0.15, 0.2) is 48.8 Å². The lowest BCUT2D eigenvalue weighted by molar-refractivity contribution is 0.0177. The minimum absolute atomic E-state index is 0.211. The highest BCUT2D eigenvalue weighted by Crippen LogP contribution is 2.31. The summed E-state index contributed by atoms with van der Waals surface area (Å²) in [5, 5.41) is 6.81. The molecule has 1 aliphatic rings. The third kappa shape index (κ3) is 4.42. The second-order valence-corrected chi connectivity index (χ2v) is 9.11. The van der Waals surface area contributed by atoms with Crippen LogP contribution in [0.3, 0.4) is 0 Å². The molecule has 2 N–H and O–H groups in total. The van der Waals surface area contributed by atoms with Crippen LogP contribution in [0.25, 0.3) is 21.9 Å². The first-order valence-corrected chi connectivity index (χ1v) is 10.6. The Morgan fingerprint density at radius 3 is 2.57 bits per heavy atom. The highest BCUT2D eigenvalue weighted by Gasteiger charge is 2.27. The average molecular weight is 407 g/mol. The van der Waals surface area contributed by atoms with E-state index in [4.69, 9.17) is 10.5 Å². The van der Waals surface area contributed by atoms with Crippen LogP contribution < -0.4 is 5.73 Å². The normalized spacial score (nSPS) is 15.5. The minimum Gasteiger partial charge on any atom is -0.444 e. The van der Waals surface area contributed by atoms with Crippen LogP contribution in [0, 0.1) is 5.92 Å². The Hall–Kier alpha value is -3.02. The third-order valence-corrected chi connectivity index (χ3v) is 5.61. The van der Waals surface area contributed by atoms with Crippen LogP contribution in [-0.2, 0) is 11.3 Å². The lowest BCUT2D eigenvalue weighted by Gasteiger charge is -2.33. The number of hydrogen-bond acceptors (Lipinski definition) is 4. The molecule has 1 fully saturated rings. The number of nitrogen functional groups attached to an aromatic ring is 1. The van der Waals surface area contributed by atoms with Crippen molar-refractivity contribution in [2.75, 3.05) is 18.8 Å². The molecule has 1 aromatic heterocycles. The van der Waals surface area contributed by atoms with Crippen molar-refractivity contribution < 1.29 is 9.53 Å². The van der Waals surface area contributed by atoms with Gasteiger partial charge in [-0.1, -0.05) is 30.3 Å². The van der Waals surface area contributed by atoms with Gasteiger partial charge in [0.2, 0.25) is 0 Å². The van der Waals surface area contributed by atoms with Crippen LogP contribution in [-0.4, -0.2) is 39.5 Å². The van der Waals surface area contributed by atoms with Crippen LogP contribution in [0.2, 0.25) is 0 Å². The summed E-state index contributed by atoms with van der Waals surface area (Å²) in [4.78, 5) is 14.1. The molecule has 30 heavy (non-hydrogen) atoms. The molecule has 0 aliphatic carbocycles. The number of hydrogen-bond donors (Lipinski definition) is 1. The SMILES string of the molecule is CC(C)(C)OC(=O)N1CCC(Cn2cc(-c3cccc4c(N)cccc34)cn2)CC1. The Kier molecular flexibility index (Phi) is 5.41. The molecule has 158 valence electrons. The number of nitrogens with zero attached hydrogens (tertiary/aromatic N) is 3. The number of likely N-dealkylation sites (tertiary alicyclic amines) is 1. The number of carbonyl (C=O) groups excluding carboxylic acids is 1. The van der Waals surface area contributed by atoms with Crippen molar-refractivity contribution in [2.24, 2.45) is 5.92 Å². The summed E-state index contributed by atoms with van der Waals surface area (Å²) >= 11 is 0. The van der Waals surface area contributed by atoms with Gasteiger partial charge < -0.3 is 15.4 Å². The van der Waals surface area contributed by atoms with E-state index in [2.05, 4.69) is 29.5 Å². The minimum atomic E-state index is -0.453. The van der Waals surface area contributed by atoms with Crippen molar-refractivity contribution in [2.45, 2.75) is 45.8 Å². The average Bonchev–Trinajstić information content (AvgIpc) is 3.15. The number of nitrogens with two attached hydrogens (primary N) is 1. The Morgan fingerprint density at radius 1 is 1.13 bits per heavy atom. The third-order valence-electron chi connectivity index (χ3n) is 5.61. The fraction of sp³-hybridized carbons (Fsp3) is 0.417. The molecule has 0 saturated carbocycles. The first-order chi connectivity index (χ1) is 14.3. The maximum absolute atomic E-state index is 12.2. The van der Waals surface area contributed by atoms with Gasteiger partial charge in [-0.3, -0.25) is 4.68 Å².